The van der Waals surface area contributed by atoms with Crippen molar-refractivity contribution in [2.24, 2.45) is 11.5 Å². The summed E-state index contributed by atoms with van der Waals surface area (Å²) in [6, 6.07) is -3.77. The normalized spacial score (nSPS) is 14.1. The van der Waals surface area contributed by atoms with Crippen LogP contribution in [-0.4, -0.2) is 68.6 Å². The third-order valence-electron chi connectivity index (χ3n) is 3.45. The van der Waals surface area contributed by atoms with Crippen LogP contribution in [0.5, 0.6) is 0 Å². The van der Waals surface area contributed by atoms with Crippen LogP contribution >= 0.6 is 0 Å². The highest BCUT2D eigenvalue weighted by atomic mass is 16.4. The first kappa shape index (κ1) is 21.1. The number of nitrogens with zero attached hydrogens (tertiary/aromatic N) is 1. The third kappa shape index (κ3) is 6.86. The number of H-pyrrole nitrogens is 1. The monoisotopic (exact) mass is 370 g/mol. The highest BCUT2D eigenvalue weighted by Gasteiger charge is 2.28. The van der Waals surface area contributed by atoms with Crippen molar-refractivity contribution in [3.63, 3.8) is 0 Å². The fourth-order valence-electron chi connectivity index (χ4n) is 1.99. The summed E-state index contributed by atoms with van der Waals surface area (Å²) in [4.78, 5) is 52.7. The number of hydrogen-bond acceptors (Lipinski definition) is 7. The van der Waals surface area contributed by atoms with Gasteiger partial charge in [-0.25, -0.2) is 9.78 Å². The first-order valence-corrected chi connectivity index (χ1v) is 7.70. The van der Waals surface area contributed by atoms with E-state index in [4.69, 9.17) is 21.7 Å². The zero-order chi connectivity index (χ0) is 19.7. The highest BCUT2D eigenvalue weighted by Crippen LogP contribution is 2.02. The van der Waals surface area contributed by atoms with Gasteiger partial charge in [0.15, 0.2) is 0 Å². The van der Waals surface area contributed by atoms with Gasteiger partial charge in [0.2, 0.25) is 17.7 Å². The van der Waals surface area contributed by atoms with Crippen molar-refractivity contribution >= 4 is 23.7 Å². The average Bonchev–Trinajstić information content (AvgIpc) is 3.09. The zero-order valence-electron chi connectivity index (χ0n) is 13.8. The maximum atomic E-state index is 12.3. The van der Waals surface area contributed by atoms with E-state index in [0.29, 0.717) is 5.69 Å². The minimum absolute atomic E-state index is 0.00600. The van der Waals surface area contributed by atoms with Gasteiger partial charge in [-0.05, 0) is 6.42 Å². The topological polar surface area (TPSA) is 214 Å². The third-order valence-corrected chi connectivity index (χ3v) is 3.45. The SMILES string of the molecule is NC(=O)CCC(N)C(=O)NC(Cc1cnc[nH]1)C(=O)NC(CO)C(=O)O. The summed E-state index contributed by atoms with van der Waals surface area (Å²) in [6.45, 7) is -0.816. The number of imidazole rings is 1. The van der Waals surface area contributed by atoms with E-state index in [2.05, 4.69) is 20.6 Å². The smallest absolute Gasteiger partial charge is 0.328 e. The van der Waals surface area contributed by atoms with Crippen LogP contribution in [-0.2, 0) is 25.6 Å². The maximum Gasteiger partial charge on any atom is 0.328 e. The largest absolute Gasteiger partial charge is 0.480 e. The Labute approximate surface area is 148 Å². The summed E-state index contributed by atoms with van der Waals surface area (Å²) in [5.74, 6) is -3.57. The standard InChI is InChI=1S/C14H22N6O6/c15-8(1-2-11(16)22)12(23)19-9(3-7-4-17-6-18-7)13(24)20-10(5-21)14(25)26/h4,6,8-10,21H,1-3,5,15H2,(H2,16,22)(H,17,18)(H,19,23)(H,20,24)(H,25,26). The van der Waals surface area contributed by atoms with Crippen LogP contribution in [0.1, 0.15) is 18.5 Å². The molecule has 0 bridgehead atoms. The van der Waals surface area contributed by atoms with E-state index in [1.54, 1.807) is 0 Å². The number of aromatic nitrogens is 2. The number of nitrogens with one attached hydrogen (secondary N) is 3. The molecule has 26 heavy (non-hydrogen) atoms. The predicted octanol–water partition coefficient (Wildman–Crippen LogP) is -3.41. The number of aliphatic hydroxyl groups is 1. The number of amides is 3. The van der Waals surface area contributed by atoms with Gasteiger partial charge in [-0.1, -0.05) is 0 Å². The van der Waals surface area contributed by atoms with Gasteiger partial charge >= 0.3 is 5.97 Å². The van der Waals surface area contributed by atoms with Gasteiger partial charge in [-0.15, -0.1) is 0 Å². The second-order valence-corrected chi connectivity index (χ2v) is 5.54. The Kier molecular flexibility index (Phi) is 8.18. The number of nitrogens with two attached hydrogens (primary N) is 2. The van der Waals surface area contributed by atoms with E-state index < -0.39 is 48.4 Å². The Morgan fingerprint density at radius 1 is 1.19 bits per heavy atom. The lowest BCUT2D eigenvalue weighted by Crippen LogP contribution is -2.56. The van der Waals surface area contributed by atoms with E-state index in [0.717, 1.165) is 0 Å². The number of aliphatic hydroxyl groups excluding tert-OH is 1. The molecule has 3 atom stereocenters. The van der Waals surface area contributed by atoms with Crippen LogP contribution in [0.2, 0.25) is 0 Å². The number of carbonyl (C=O) groups excluding carboxylic acids is 3. The van der Waals surface area contributed by atoms with Gasteiger partial charge in [0.25, 0.3) is 0 Å². The Balaban J connectivity index is 2.80. The molecule has 0 aromatic carbocycles. The van der Waals surface area contributed by atoms with Crippen LogP contribution in [0, 0.1) is 0 Å². The summed E-state index contributed by atoms with van der Waals surface area (Å²) in [6.07, 6.45) is 2.68. The van der Waals surface area contributed by atoms with E-state index in [9.17, 15) is 19.2 Å². The van der Waals surface area contributed by atoms with Crippen molar-refractivity contribution in [1.82, 2.24) is 20.6 Å². The zero-order valence-corrected chi connectivity index (χ0v) is 13.8. The number of aliphatic carboxylic acids is 1. The molecule has 3 amide bonds. The molecular weight excluding hydrogens is 348 g/mol. The van der Waals surface area contributed by atoms with Crippen LogP contribution in [0.25, 0.3) is 0 Å². The lowest BCUT2D eigenvalue weighted by atomic mass is 10.1. The molecule has 1 rings (SSSR count). The van der Waals surface area contributed by atoms with Gasteiger partial charge in [-0.3, -0.25) is 14.4 Å². The highest BCUT2D eigenvalue weighted by molar-refractivity contribution is 5.92. The maximum absolute atomic E-state index is 12.3. The van der Waals surface area contributed by atoms with E-state index in [1.807, 2.05) is 0 Å². The number of rotatable bonds is 11. The van der Waals surface area contributed by atoms with Crippen molar-refractivity contribution in [3.8, 4) is 0 Å². The molecule has 1 aromatic heterocycles. The number of primary amides is 1. The number of carbonyl (C=O) groups is 4. The van der Waals surface area contributed by atoms with E-state index in [-0.39, 0.29) is 19.3 Å². The molecule has 144 valence electrons. The number of carboxylic acids is 1. The van der Waals surface area contributed by atoms with Gasteiger partial charge in [-0.2, -0.15) is 0 Å². The van der Waals surface area contributed by atoms with E-state index >= 15 is 0 Å². The molecule has 0 fully saturated rings. The summed E-state index contributed by atoms with van der Waals surface area (Å²) in [5, 5.41) is 22.4. The molecule has 0 saturated heterocycles. The first-order chi connectivity index (χ1) is 12.2. The molecule has 0 radical (unpaired) electrons. The molecule has 1 heterocycles. The molecule has 0 spiro atoms. The Bertz CT molecular complexity index is 634. The van der Waals surface area contributed by atoms with Crippen LogP contribution in [0.3, 0.4) is 0 Å². The van der Waals surface area contributed by atoms with Crippen LogP contribution in [0.4, 0.5) is 0 Å². The van der Waals surface area contributed by atoms with Crippen LogP contribution < -0.4 is 22.1 Å². The predicted molar refractivity (Wildman–Crippen MR) is 87.3 cm³/mol. The van der Waals surface area contributed by atoms with Crippen LogP contribution in [0.15, 0.2) is 12.5 Å². The van der Waals surface area contributed by atoms with Crippen molar-refractivity contribution in [2.75, 3.05) is 6.61 Å². The summed E-state index contributed by atoms with van der Waals surface area (Å²) >= 11 is 0. The number of hydrogen-bond donors (Lipinski definition) is 7. The van der Waals surface area contributed by atoms with Crippen molar-refractivity contribution < 1.29 is 29.4 Å². The van der Waals surface area contributed by atoms with Gasteiger partial charge in [0, 0.05) is 24.7 Å². The first-order valence-electron chi connectivity index (χ1n) is 7.70. The number of carboxylic acid groups (broad SMARTS) is 1. The lowest BCUT2D eigenvalue weighted by molar-refractivity contribution is -0.143. The molecule has 1 aromatic rings. The summed E-state index contributed by atoms with van der Waals surface area (Å²) < 4.78 is 0. The van der Waals surface area contributed by atoms with Crippen molar-refractivity contribution in [2.45, 2.75) is 37.4 Å². The van der Waals surface area contributed by atoms with E-state index in [1.165, 1.54) is 12.5 Å². The molecule has 0 saturated carbocycles. The van der Waals surface area contributed by atoms with Gasteiger partial charge in [0.05, 0.1) is 19.0 Å². The summed E-state index contributed by atoms with van der Waals surface area (Å²) in [5.41, 5.74) is 11.2. The molecule has 0 aliphatic rings. The average molecular weight is 370 g/mol. The minimum atomic E-state index is -1.52. The van der Waals surface area contributed by atoms with Gasteiger partial charge < -0.3 is 37.3 Å². The summed E-state index contributed by atoms with van der Waals surface area (Å²) in [7, 11) is 0. The number of aromatic amines is 1. The Morgan fingerprint density at radius 3 is 2.35 bits per heavy atom. The Morgan fingerprint density at radius 2 is 1.85 bits per heavy atom. The quantitative estimate of drug-likeness (QED) is 0.208. The molecular formula is C14H22N6O6. The fraction of sp³-hybridized carbons (Fsp3) is 0.500. The lowest BCUT2D eigenvalue weighted by Gasteiger charge is -2.22. The molecule has 12 nitrogen and oxygen atoms in total. The second kappa shape index (κ2) is 10.1. The second-order valence-electron chi connectivity index (χ2n) is 5.54. The minimum Gasteiger partial charge on any atom is -0.480 e. The van der Waals surface area contributed by atoms with Crippen molar-refractivity contribution in [1.29, 1.82) is 0 Å². The Hall–Kier alpha value is -2.99. The molecule has 0 aliphatic carbocycles. The van der Waals surface area contributed by atoms with Gasteiger partial charge in [0.1, 0.15) is 12.1 Å². The van der Waals surface area contributed by atoms with Crippen molar-refractivity contribution in [3.05, 3.63) is 18.2 Å². The fourth-order valence-corrected chi connectivity index (χ4v) is 1.99. The molecule has 9 N–H and O–H groups in total. The molecule has 3 unspecified atom stereocenters. The molecule has 0 aliphatic heterocycles. The molecule has 12 heteroatoms.